The lowest BCUT2D eigenvalue weighted by Crippen LogP contribution is -2.33. The lowest BCUT2D eigenvalue weighted by Gasteiger charge is -2.27. The van der Waals surface area contributed by atoms with E-state index in [9.17, 15) is 4.79 Å². The molecule has 1 aromatic carbocycles. The predicted molar refractivity (Wildman–Crippen MR) is 89.4 cm³/mol. The third kappa shape index (κ3) is 5.36. The molecule has 1 saturated heterocycles. The molecule has 0 spiro atoms. The Kier molecular flexibility index (Phi) is 6.58. The molecule has 0 radical (unpaired) electrons. The van der Waals surface area contributed by atoms with Crippen molar-refractivity contribution in [2.24, 2.45) is 11.8 Å². The van der Waals surface area contributed by atoms with Crippen molar-refractivity contribution in [3.05, 3.63) is 29.8 Å². The number of benzene rings is 1. The standard InChI is InChI=1S/C17H26N2OS/c1-13(15-7-9-18-10-8-15)11-17(20)19-12-14-3-5-16(21-2)6-4-14/h3-6,13,15,18H,7-12H2,1-2H3,(H,19,20). The highest BCUT2D eigenvalue weighted by Gasteiger charge is 2.21. The topological polar surface area (TPSA) is 41.1 Å². The van der Waals surface area contributed by atoms with E-state index in [4.69, 9.17) is 0 Å². The van der Waals surface area contributed by atoms with Gasteiger partial charge in [-0.2, -0.15) is 0 Å². The summed E-state index contributed by atoms with van der Waals surface area (Å²) in [6.07, 6.45) is 5.11. The molecule has 21 heavy (non-hydrogen) atoms. The molecule has 3 nitrogen and oxygen atoms in total. The number of amides is 1. The van der Waals surface area contributed by atoms with Crippen LogP contribution >= 0.6 is 11.8 Å². The van der Waals surface area contributed by atoms with Gasteiger partial charge in [0.1, 0.15) is 0 Å². The van der Waals surface area contributed by atoms with Gasteiger partial charge in [0.2, 0.25) is 5.91 Å². The Morgan fingerprint density at radius 1 is 1.33 bits per heavy atom. The monoisotopic (exact) mass is 306 g/mol. The lowest BCUT2D eigenvalue weighted by atomic mass is 9.84. The maximum atomic E-state index is 12.1. The Morgan fingerprint density at radius 2 is 2.00 bits per heavy atom. The van der Waals surface area contributed by atoms with Crippen LogP contribution in [0, 0.1) is 11.8 Å². The van der Waals surface area contributed by atoms with Crippen LogP contribution in [0.3, 0.4) is 0 Å². The van der Waals surface area contributed by atoms with E-state index in [0.29, 0.717) is 24.8 Å². The Morgan fingerprint density at radius 3 is 2.62 bits per heavy atom. The van der Waals surface area contributed by atoms with E-state index >= 15 is 0 Å². The largest absolute Gasteiger partial charge is 0.352 e. The molecule has 4 heteroatoms. The van der Waals surface area contributed by atoms with E-state index in [2.05, 4.69) is 48.1 Å². The van der Waals surface area contributed by atoms with E-state index in [1.54, 1.807) is 11.8 Å². The molecule has 1 atom stereocenters. The molecule has 1 aliphatic heterocycles. The first-order chi connectivity index (χ1) is 10.2. The zero-order valence-electron chi connectivity index (χ0n) is 13.0. The number of carbonyl (C=O) groups is 1. The third-order valence-corrected chi connectivity index (χ3v) is 5.09. The highest BCUT2D eigenvalue weighted by atomic mass is 32.2. The molecule has 1 unspecified atom stereocenters. The zero-order valence-corrected chi connectivity index (χ0v) is 13.8. The van der Waals surface area contributed by atoms with Crippen molar-refractivity contribution in [1.29, 1.82) is 0 Å². The van der Waals surface area contributed by atoms with Crippen molar-refractivity contribution in [3.8, 4) is 0 Å². The molecule has 116 valence electrons. The third-order valence-electron chi connectivity index (χ3n) is 4.34. The van der Waals surface area contributed by atoms with E-state index in [-0.39, 0.29) is 5.91 Å². The summed E-state index contributed by atoms with van der Waals surface area (Å²) in [4.78, 5) is 13.3. The van der Waals surface area contributed by atoms with Crippen molar-refractivity contribution < 1.29 is 4.79 Å². The van der Waals surface area contributed by atoms with Gasteiger partial charge in [0, 0.05) is 17.9 Å². The van der Waals surface area contributed by atoms with Gasteiger partial charge in [-0.1, -0.05) is 19.1 Å². The number of nitrogens with one attached hydrogen (secondary N) is 2. The highest BCUT2D eigenvalue weighted by Crippen LogP contribution is 2.24. The summed E-state index contributed by atoms with van der Waals surface area (Å²) in [6.45, 7) is 5.03. The molecule has 0 saturated carbocycles. The molecule has 0 bridgehead atoms. The van der Waals surface area contributed by atoms with Crippen LogP contribution in [0.1, 0.15) is 31.7 Å². The Balaban J connectivity index is 1.73. The average Bonchev–Trinajstić information content (AvgIpc) is 2.54. The number of rotatable bonds is 6. The summed E-state index contributed by atoms with van der Waals surface area (Å²) < 4.78 is 0. The van der Waals surface area contributed by atoms with E-state index in [1.807, 2.05) is 0 Å². The lowest BCUT2D eigenvalue weighted by molar-refractivity contribution is -0.122. The summed E-state index contributed by atoms with van der Waals surface area (Å²) in [6, 6.07) is 8.37. The Hall–Kier alpha value is -1.00. The van der Waals surface area contributed by atoms with Gasteiger partial charge in [-0.05, 0) is 61.7 Å². The number of piperidine rings is 1. The van der Waals surface area contributed by atoms with Crippen LogP contribution in [-0.2, 0) is 11.3 Å². The SMILES string of the molecule is CSc1ccc(CNC(=O)CC(C)C2CCNCC2)cc1. The van der Waals surface area contributed by atoms with E-state index in [1.165, 1.54) is 17.7 Å². The van der Waals surface area contributed by atoms with Crippen molar-refractivity contribution >= 4 is 17.7 Å². The summed E-state index contributed by atoms with van der Waals surface area (Å²) in [5, 5.41) is 6.42. The van der Waals surface area contributed by atoms with Crippen LogP contribution in [-0.4, -0.2) is 25.3 Å². The second-order valence-corrected chi connectivity index (χ2v) is 6.77. The molecule has 2 N–H and O–H groups in total. The van der Waals surface area contributed by atoms with Crippen molar-refractivity contribution in [1.82, 2.24) is 10.6 Å². The molecule has 0 aliphatic carbocycles. The summed E-state index contributed by atoms with van der Waals surface area (Å²) in [5.41, 5.74) is 1.16. The first-order valence-electron chi connectivity index (χ1n) is 7.79. The molecule has 1 fully saturated rings. The van der Waals surface area contributed by atoms with Crippen LogP contribution in [0.2, 0.25) is 0 Å². The minimum atomic E-state index is 0.176. The van der Waals surface area contributed by atoms with Crippen molar-refractivity contribution in [2.75, 3.05) is 19.3 Å². The van der Waals surface area contributed by atoms with Gasteiger partial charge < -0.3 is 10.6 Å². The fourth-order valence-corrected chi connectivity index (χ4v) is 3.30. The predicted octanol–water partition coefficient (Wildman–Crippen LogP) is 3.05. The minimum Gasteiger partial charge on any atom is -0.352 e. The molecule has 1 heterocycles. The summed E-state index contributed by atoms with van der Waals surface area (Å²) >= 11 is 1.73. The first-order valence-corrected chi connectivity index (χ1v) is 9.02. The molecule has 1 aromatic rings. The van der Waals surface area contributed by atoms with Gasteiger partial charge >= 0.3 is 0 Å². The average molecular weight is 306 g/mol. The molecule has 1 amide bonds. The smallest absolute Gasteiger partial charge is 0.220 e. The second-order valence-electron chi connectivity index (χ2n) is 5.89. The number of carbonyl (C=O) groups excluding carboxylic acids is 1. The van der Waals surface area contributed by atoms with Crippen LogP contribution < -0.4 is 10.6 Å². The fourth-order valence-electron chi connectivity index (χ4n) is 2.89. The number of hydrogen-bond donors (Lipinski definition) is 2. The minimum absolute atomic E-state index is 0.176. The van der Waals surface area contributed by atoms with Crippen LogP contribution in [0.4, 0.5) is 0 Å². The Labute approximate surface area is 132 Å². The second kappa shape index (κ2) is 8.44. The normalized spacial score (nSPS) is 17.4. The zero-order chi connectivity index (χ0) is 15.1. The van der Waals surface area contributed by atoms with Gasteiger partial charge in [-0.25, -0.2) is 0 Å². The van der Waals surface area contributed by atoms with Gasteiger partial charge in [0.25, 0.3) is 0 Å². The van der Waals surface area contributed by atoms with Crippen LogP contribution in [0.5, 0.6) is 0 Å². The first kappa shape index (κ1) is 16.4. The molecular weight excluding hydrogens is 280 g/mol. The number of hydrogen-bond acceptors (Lipinski definition) is 3. The maximum absolute atomic E-state index is 12.1. The van der Waals surface area contributed by atoms with Gasteiger partial charge in [-0.3, -0.25) is 4.79 Å². The van der Waals surface area contributed by atoms with Gasteiger partial charge in [0.15, 0.2) is 0 Å². The molecular formula is C17H26N2OS. The molecule has 1 aliphatic rings. The van der Waals surface area contributed by atoms with Crippen molar-refractivity contribution in [3.63, 3.8) is 0 Å². The summed E-state index contributed by atoms with van der Waals surface area (Å²) in [5.74, 6) is 1.35. The van der Waals surface area contributed by atoms with E-state index in [0.717, 1.165) is 18.7 Å². The van der Waals surface area contributed by atoms with Gasteiger partial charge in [0.05, 0.1) is 0 Å². The quantitative estimate of drug-likeness (QED) is 0.794. The van der Waals surface area contributed by atoms with E-state index < -0.39 is 0 Å². The maximum Gasteiger partial charge on any atom is 0.220 e. The van der Waals surface area contributed by atoms with Crippen molar-refractivity contribution in [2.45, 2.75) is 37.6 Å². The fraction of sp³-hybridized carbons (Fsp3) is 0.588. The molecule has 2 rings (SSSR count). The van der Waals surface area contributed by atoms with Gasteiger partial charge in [-0.15, -0.1) is 11.8 Å². The number of thioether (sulfide) groups is 1. The Bertz CT molecular complexity index is 441. The molecule has 0 aromatic heterocycles. The highest BCUT2D eigenvalue weighted by molar-refractivity contribution is 7.98. The van der Waals surface area contributed by atoms with Crippen LogP contribution in [0.15, 0.2) is 29.2 Å². The van der Waals surface area contributed by atoms with Crippen LogP contribution in [0.25, 0.3) is 0 Å². The summed E-state index contributed by atoms with van der Waals surface area (Å²) in [7, 11) is 0.